The third kappa shape index (κ3) is 2.70. The molecule has 2 aromatic rings. The van der Waals surface area contributed by atoms with Gasteiger partial charge in [-0.3, -0.25) is 4.79 Å². The summed E-state index contributed by atoms with van der Waals surface area (Å²) in [7, 11) is 0. The number of carbonyl (C=O) groups is 1. The van der Waals surface area contributed by atoms with Gasteiger partial charge in [-0.15, -0.1) is 0 Å². The van der Waals surface area contributed by atoms with Crippen molar-refractivity contribution >= 4 is 17.3 Å². The van der Waals surface area contributed by atoms with Crippen LogP contribution in [0.5, 0.6) is 0 Å². The van der Waals surface area contributed by atoms with Crippen LogP contribution in [-0.2, 0) is 16.1 Å². The van der Waals surface area contributed by atoms with Crippen molar-refractivity contribution in [3.8, 4) is 11.1 Å². The summed E-state index contributed by atoms with van der Waals surface area (Å²) in [4.78, 5) is 10.7. The molecule has 0 saturated heterocycles. The van der Waals surface area contributed by atoms with Crippen LogP contribution in [-0.4, -0.2) is 5.97 Å². The maximum Gasteiger partial charge on any atom is 0.302 e. The van der Waals surface area contributed by atoms with Crippen molar-refractivity contribution in [1.82, 2.24) is 0 Å². The Labute approximate surface area is 98.5 Å². The van der Waals surface area contributed by atoms with Crippen molar-refractivity contribution in [3.63, 3.8) is 0 Å². The topological polar surface area (TPSA) is 26.3 Å². The first kappa shape index (κ1) is 10.9. The van der Waals surface area contributed by atoms with Crippen LogP contribution < -0.4 is 0 Å². The number of ether oxygens (including phenoxy) is 1. The summed E-state index contributed by atoms with van der Waals surface area (Å²) < 4.78 is 4.96. The van der Waals surface area contributed by atoms with Crippen molar-refractivity contribution in [1.29, 1.82) is 0 Å². The lowest BCUT2D eigenvalue weighted by Gasteiger charge is -2.04. The predicted molar refractivity (Wildman–Crippen MR) is 65.2 cm³/mol. The van der Waals surface area contributed by atoms with Crippen LogP contribution >= 0.6 is 11.3 Å². The minimum Gasteiger partial charge on any atom is -0.461 e. The number of carbonyl (C=O) groups excluding carboxylic acids is 1. The van der Waals surface area contributed by atoms with Gasteiger partial charge in [0, 0.05) is 6.92 Å². The molecule has 0 saturated carbocycles. The van der Waals surface area contributed by atoms with Crippen LogP contribution in [0.1, 0.15) is 12.5 Å². The molecular weight excluding hydrogens is 220 g/mol. The predicted octanol–water partition coefficient (Wildman–Crippen LogP) is 3.48. The molecule has 0 bridgehead atoms. The molecule has 2 nitrogen and oxygen atoms in total. The Bertz CT molecular complexity index is 474. The van der Waals surface area contributed by atoms with Crippen LogP contribution in [0.25, 0.3) is 11.1 Å². The normalized spacial score (nSPS) is 10.1. The van der Waals surface area contributed by atoms with Gasteiger partial charge < -0.3 is 4.74 Å². The molecule has 0 atom stereocenters. The third-order valence-corrected chi connectivity index (χ3v) is 2.91. The van der Waals surface area contributed by atoms with Gasteiger partial charge in [-0.1, -0.05) is 18.2 Å². The van der Waals surface area contributed by atoms with Crippen LogP contribution in [0.15, 0.2) is 41.1 Å². The monoisotopic (exact) mass is 232 g/mol. The standard InChI is InChI=1S/C13H12O2S/c1-10(14)15-8-11-3-2-4-12(7-11)13-5-6-16-9-13/h2-7,9H,8H2,1H3. The summed E-state index contributed by atoms with van der Waals surface area (Å²) in [6, 6.07) is 10.1. The SMILES string of the molecule is CC(=O)OCc1cccc(-c2ccsc2)c1. The maximum absolute atomic E-state index is 10.7. The first-order valence-corrected chi connectivity index (χ1v) is 5.95. The minimum absolute atomic E-state index is 0.249. The van der Waals surface area contributed by atoms with E-state index in [4.69, 9.17) is 4.74 Å². The summed E-state index contributed by atoms with van der Waals surface area (Å²) in [5.74, 6) is -0.249. The van der Waals surface area contributed by atoms with E-state index in [-0.39, 0.29) is 5.97 Å². The number of benzene rings is 1. The number of hydrogen-bond donors (Lipinski definition) is 0. The Morgan fingerprint density at radius 1 is 1.31 bits per heavy atom. The van der Waals surface area contributed by atoms with Gasteiger partial charge in [0.05, 0.1) is 0 Å². The second kappa shape index (κ2) is 4.94. The van der Waals surface area contributed by atoms with E-state index < -0.39 is 0 Å². The van der Waals surface area contributed by atoms with E-state index in [0.717, 1.165) is 11.1 Å². The molecule has 0 aliphatic heterocycles. The lowest BCUT2D eigenvalue weighted by atomic mass is 10.1. The van der Waals surface area contributed by atoms with Crippen molar-refractivity contribution in [3.05, 3.63) is 46.7 Å². The fraction of sp³-hybridized carbons (Fsp3) is 0.154. The summed E-state index contributed by atoms with van der Waals surface area (Å²) in [6.45, 7) is 1.76. The lowest BCUT2D eigenvalue weighted by molar-refractivity contribution is -0.142. The molecule has 1 aromatic carbocycles. The van der Waals surface area contributed by atoms with Crippen molar-refractivity contribution in [2.24, 2.45) is 0 Å². The molecule has 2 rings (SSSR count). The summed E-state index contributed by atoms with van der Waals surface area (Å²) in [5, 5.41) is 4.15. The lowest BCUT2D eigenvalue weighted by Crippen LogP contribution is -1.98. The number of esters is 1. The largest absolute Gasteiger partial charge is 0.461 e. The highest BCUT2D eigenvalue weighted by Crippen LogP contribution is 2.23. The highest BCUT2D eigenvalue weighted by Gasteiger charge is 2.01. The number of thiophene rings is 1. The van der Waals surface area contributed by atoms with Crippen LogP contribution in [0.4, 0.5) is 0 Å². The Kier molecular flexibility index (Phi) is 3.37. The first-order valence-electron chi connectivity index (χ1n) is 5.00. The second-order valence-electron chi connectivity index (χ2n) is 3.49. The maximum atomic E-state index is 10.7. The van der Waals surface area contributed by atoms with Crippen LogP contribution in [0.2, 0.25) is 0 Å². The average Bonchev–Trinajstić information content (AvgIpc) is 2.80. The van der Waals surface area contributed by atoms with Crippen LogP contribution in [0, 0.1) is 0 Å². The van der Waals surface area contributed by atoms with Crippen molar-refractivity contribution in [2.45, 2.75) is 13.5 Å². The summed E-state index contributed by atoms with van der Waals surface area (Å²) in [6.07, 6.45) is 0. The smallest absolute Gasteiger partial charge is 0.302 e. The van der Waals surface area contributed by atoms with Crippen molar-refractivity contribution < 1.29 is 9.53 Å². The van der Waals surface area contributed by atoms with E-state index in [1.165, 1.54) is 12.5 Å². The van der Waals surface area contributed by atoms with E-state index in [2.05, 4.69) is 17.5 Å². The third-order valence-electron chi connectivity index (χ3n) is 2.22. The highest BCUT2D eigenvalue weighted by atomic mass is 32.1. The molecule has 0 fully saturated rings. The summed E-state index contributed by atoms with van der Waals surface area (Å²) in [5.41, 5.74) is 3.37. The van der Waals surface area contributed by atoms with E-state index in [1.54, 1.807) is 11.3 Å². The number of hydrogen-bond acceptors (Lipinski definition) is 3. The molecule has 1 aromatic heterocycles. The average molecular weight is 232 g/mol. The Hall–Kier alpha value is -1.61. The van der Waals surface area contributed by atoms with Crippen LogP contribution in [0.3, 0.4) is 0 Å². The van der Waals surface area contributed by atoms with Gasteiger partial charge in [0.25, 0.3) is 0 Å². The Balaban J connectivity index is 2.17. The first-order chi connectivity index (χ1) is 7.75. The quantitative estimate of drug-likeness (QED) is 0.757. The molecule has 0 amide bonds. The molecule has 3 heteroatoms. The van der Waals surface area contributed by atoms with Gasteiger partial charge in [-0.05, 0) is 39.6 Å². The van der Waals surface area contributed by atoms with E-state index in [0.29, 0.717) is 6.61 Å². The zero-order chi connectivity index (χ0) is 11.4. The van der Waals surface area contributed by atoms with Gasteiger partial charge in [0.15, 0.2) is 0 Å². The van der Waals surface area contributed by atoms with E-state index >= 15 is 0 Å². The van der Waals surface area contributed by atoms with Gasteiger partial charge >= 0.3 is 5.97 Å². The zero-order valence-electron chi connectivity index (χ0n) is 8.97. The molecular formula is C13H12O2S. The highest BCUT2D eigenvalue weighted by molar-refractivity contribution is 7.08. The molecule has 0 unspecified atom stereocenters. The molecule has 0 N–H and O–H groups in total. The molecule has 0 aliphatic carbocycles. The molecule has 1 heterocycles. The summed E-state index contributed by atoms with van der Waals surface area (Å²) >= 11 is 1.67. The zero-order valence-corrected chi connectivity index (χ0v) is 9.79. The van der Waals surface area contributed by atoms with E-state index in [9.17, 15) is 4.79 Å². The molecule has 0 radical (unpaired) electrons. The molecule has 16 heavy (non-hydrogen) atoms. The van der Waals surface area contributed by atoms with Gasteiger partial charge in [-0.2, -0.15) is 11.3 Å². The van der Waals surface area contributed by atoms with Gasteiger partial charge in [-0.25, -0.2) is 0 Å². The fourth-order valence-electron chi connectivity index (χ4n) is 1.45. The Morgan fingerprint density at radius 2 is 2.19 bits per heavy atom. The Morgan fingerprint density at radius 3 is 2.88 bits per heavy atom. The van der Waals surface area contributed by atoms with Gasteiger partial charge in [0.2, 0.25) is 0 Å². The number of rotatable bonds is 3. The molecule has 0 spiro atoms. The minimum atomic E-state index is -0.249. The molecule has 82 valence electrons. The van der Waals surface area contributed by atoms with Gasteiger partial charge in [0.1, 0.15) is 6.61 Å². The van der Waals surface area contributed by atoms with E-state index in [1.807, 2.05) is 23.6 Å². The second-order valence-corrected chi connectivity index (χ2v) is 4.27. The van der Waals surface area contributed by atoms with Crippen molar-refractivity contribution in [2.75, 3.05) is 0 Å². The molecule has 0 aliphatic rings. The fourth-order valence-corrected chi connectivity index (χ4v) is 2.12.